The van der Waals surface area contributed by atoms with Crippen LogP contribution in [0, 0.1) is 6.92 Å². The van der Waals surface area contributed by atoms with Gasteiger partial charge in [0.25, 0.3) is 5.91 Å². The lowest BCUT2D eigenvalue weighted by atomic mass is 9.92. The van der Waals surface area contributed by atoms with Gasteiger partial charge in [0.15, 0.2) is 0 Å². The van der Waals surface area contributed by atoms with Crippen molar-refractivity contribution in [1.82, 2.24) is 4.90 Å². The van der Waals surface area contributed by atoms with Crippen molar-refractivity contribution in [2.45, 2.75) is 38.6 Å². The van der Waals surface area contributed by atoms with Crippen molar-refractivity contribution < 1.29 is 19.8 Å². The Balaban J connectivity index is 2.39. The molecule has 0 bridgehead atoms. The number of nitrogens with zero attached hydrogens (tertiary/aromatic N) is 1. The highest BCUT2D eigenvalue weighted by molar-refractivity contribution is 6.00. The Bertz CT molecular complexity index is 555. The van der Waals surface area contributed by atoms with Crippen LogP contribution < -0.4 is 0 Å². The number of amides is 1. The summed E-state index contributed by atoms with van der Waals surface area (Å²) in [6.45, 7) is 4.00. The van der Waals surface area contributed by atoms with E-state index >= 15 is 0 Å². The van der Waals surface area contributed by atoms with Gasteiger partial charge in [-0.15, -0.1) is 0 Å². The number of phenols is 1. The molecule has 108 valence electrons. The molecule has 1 heterocycles. The molecule has 1 aliphatic heterocycles. The van der Waals surface area contributed by atoms with Crippen LogP contribution in [0.25, 0.3) is 0 Å². The van der Waals surface area contributed by atoms with E-state index in [1.807, 2.05) is 6.92 Å². The number of hydrogen-bond donors (Lipinski definition) is 2. The second-order valence-electron chi connectivity index (χ2n) is 5.27. The number of benzene rings is 1. The minimum absolute atomic E-state index is 0.0997. The highest BCUT2D eigenvalue weighted by atomic mass is 16.4. The van der Waals surface area contributed by atoms with Crippen LogP contribution in [-0.4, -0.2) is 39.1 Å². The molecule has 0 spiro atoms. The highest BCUT2D eigenvalue weighted by Crippen LogP contribution is 2.35. The number of carbonyl (C=O) groups is 2. The standard InChI is InChI=1S/C15H19NO4/c1-3-15(14(19)20)7-4-8-16(15)13(18)11-6-5-10(2)9-12(11)17/h5-6,9,17H,3-4,7-8H2,1-2H3,(H,19,20). The van der Waals surface area contributed by atoms with Gasteiger partial charge in [0.1, 0.15) is 11.3 Å². The maximum Gasteiger partial charge on any atom is 0.329 e. The second kappa shape index (κ2) is 5.15. The van der Waals surface area contributed by atoms with Crippen molar-refractivity contribution >= 4 is 11.9 Å². The molecule has 0 saturated carbocycles. The Kier molecular flexibility index (Phi) is 3.70. The van der Waals surface area contributed by atoms with Crippen molar-refractivity contribution in [3.05, 3.63) is 29.3 Å². The zero-order valence-electron chi connectivity index (χ0n) is 11.7. The van der Waals surface area contributed by atoms with Crippen LogP contribution in [0.3, 0.4) is 0 Å². The molecule has 5 nitrogen and oxygen atoms in total. The van der Waals surface area contributed by atoms with Crippen LogP contribution in [0.4, 0.5) is 0 Å². The molecule has 1 aromatic carbocycles. The number of aromatic hydroxyl groups is 1. The number of carboxylic acids is 1. The Labute approximate surface area is 117 Å². The van der Waals surface area contributed by atoms with Crippen LogP contribution in [0.15, 0.2) is 18.2 Å². The summed E-state index contributed by atoms with van der Waals surface area (Å²) in [6.07, 6.45) is 1.48. The summed E-state index contributed by atoms with van der Waals surface area (Å²) in [7, 11) is 0. The molecule has 2 N–H and O–H groups in total. The Morgan fingerprint density at radius 3 is 2.65 bits per heavy atom. The molecule has 2 rings (SSSR count). The fourth-order valence-electron chi connectivity index (χ4n) is 2.88. The number of carboxylic acid groups (broad SMARTS) is 1. The second-order valence-corrected chi connectivity index (χ2v) is 5.27. The van der Waals surface area contributed by atoms with E-state index in [1.165, 1.54) is 11.0 Å². The van der Waals surface area contributed by atoms with Gasteiger partial charge >= 0.3 is 5.97 Å². The van der Waals surface area contributed by atoms with Crippen molar-refractivity contribution in [3.8, 4) is 5.75 Å². The molecule has 1 saturated heterocycles. The van der Waals surface area contributed by atoms with Crippen molar-refractivity contribution in [3.63, 3.8) is 0 Å². The monoisotopic (exact) mass is 277 g/mol. The van der Waals surface area contributed by atoms with Gasteiger partial charge in [0.05, 0.1) is 5.56 Å². The van der Waals surface area contributed by atoms with E-state index < -0.39 is 17.4 Å². The topological polar surface area (TPSA) is 77.8 Å². The quantitative estimate of drug-likeness (QED) is 0.887. The Hall–Kier alpha value is -2.04. The largest absolute Gasteiger partial charge is 0.507 e. The molecule has 0 radical (unpaired) electrons. The summed E-state index contributed by atoms with van der Waals surface area (Å²) < 4.78 is 0. The minimum Gasteiger partial charge on any atom is -0.507 e. The summed E-state index contributed by atoms with van der Waals surface area (Å²) in [4.78, 5) is 25.5. The molecule has 1 aliphatic rings. The van der Waals surface area contributed by atoms with Gasteiger partial charge in [-0.2, -0.15) is 0 Å². The fraction of sp³-hybridized carbons (Fsp3) is 0.467. The van der Waals surface area contributed by atoms with Crippen molar-refractivity contribution in [1.29, 1.82) is 0 Å². The molecular weight excluding hydrogens is 258 g/mol. The number of phenolic OH excluding ortho intramolecular Hbond substituents is 1. The molecule has 1 fully saturated rings. The van der Waals surface area contributed by atoms with E-state index in [1.54, 1.807) is 19.1 Å². The predicted octanol–water partition coefficient (Wildman–Crippen LogP) is 2.17. The first-order chi connectivity index (χ1) is 9.42. The lowest BCUT2D eigenvalue weighted by Crippen LogP contribution is -2.52. The summed E-state index contributed by atoms with van der Waals surface area (Å²) in [5.74, 6) is -1.49. The van der Waals surface area contributed by atoms with E-state index in [0.717, 1.165) is 5.56 Å². The zero-order valence-corrected chi connectivity index (χ0v) is 11.7. The molecule has 1 atom stereocenters. The van der Waals surface area contributed by atoms with Crippen LogP contribution in [0.1, 0.15) is 42.1 Å². The Morgan fingerprint density at radius 2 is 2.10 bits per heavy atom. The third kappa shape index (κ3) is 2.13. The average Bonchev–Trinajstić information content (AvgIpc) is 2.83. The molecule has 1 unspecified atom stereocenters. The lowest BCUT2D eigenvalue weighted by Gasteiger charge is -2.34. The lowest BCUT2D eigenvalue weighted by molar-refractivity contribution is -0.148. The maximum atomic E-state index is 12.6. The van der Waals surface area contributed by atoms with E-state index in [2.05, 4.69) is 0 Å². The first-order valence-electron chi connectivity index (χ1n) is 6.77. The minimum atomic E-state index is -1.14. The first kappa shape index (κ1) is 14.4. The predicted molar refractivity (Wildman–Crippen MR) is 73.8 cm³/mol. The van der Waals surface area contributed by atoms with E-state index in [0.29, 0.717) is 25.8 Å². The Morgan fingerprint density at radius 1 is 1.40 bits per heavy atom. The van der Waals surface area contributed by atoms with Crippen LogP contribution in [0.5, 0.6) is 5.75 Å². The third-order valence-corrected chi connectivity index (χ3v) is 4.10. The zero-order chi connectivity index (χ0) is 14.9. The van der Waals surface area contributed by atoms with E-state index in [4.69, 9.17) is 0 Å². The average molecular weight is 277 g/mol. The van der Waals surface area contributed by atoms with Gasteiger partial charge in [-0.1, -0.05) is 13.0 Å². The molecule has 1 aromatic rings. The molecule has 1 amide bonds. The number of aryl methyl sites for hydroxylation is 1. The normalized spacial score (nSPS) is 22.0. The van der Waals surface area contributed by atoms with Gasteiger partial charge in [-0.3, -0.25) is 4.79 Å². The van der Waals surface area contributed by atoms with Crippen LogP contribution >= 0.6 is 0 Å². The summed E-state index contributed by atoms with van der Waals surface area (Å²) in [5.41, 5.74) is -0.133. The fourth-order valence-corrected chi connectivity index (χ4v) is 2.88. The first-order valence-corrected chi connectivity index (χ1v) is 6.77. The third-order valence-electron chi connectivity index (χ3n) is 4.10. The van der Waals surface area contributed by atoms with Gasteiger partial charge < -0.3 is 15.1 Å². The SMILES string of the molecule is CCC1(C(=O)O)CCCN1C(=O)c1ccc(C)cc1O. The number of likely N-dealkylation sites (tertiary alicyclic amines) is 1. The summed E-state index contributed by atoms with van der Waals surface area (Å²) >= 11 is 0. The van der Waals surface area contributed by atoms with Gasteiger partial charge in [-0.25, -0.2) is 4.79 Å². The van der Waals surface area contributed by atoms with Crippen molar-refractivity contribution in [2.24, 2.45) is 0 Å². The van der Waals surface area contributed by atoms with Gasteiger partial charge in [0.2, 0.25) is 0 Å². The number of aliphatic carboxylic acids is 1. The van der Waals surface area contributed by atoms with E-state index in [-0.39, 0.29) is 11.3 Å². The molecule has 20 heavy (non-hydrogen) atoms. The summed E-state index contributed by atoms with van der Waals surface area (Å²) in [6, 6.07) is 4.79. The van der Waals surface area contributed by atoms with Crippen molar-refractivity contribution in [2.75, 3.05) is 6.54 Å². The number of carbonyl (C=O) groups excluding carboxylic acids is 1. The van der Waals surface area contributed by atoms with Crippen LogP contribution in [0.2, 0.25) is 0 Å². The smallest absolute Gasteiger partial charge is 0.329 e. The molecule has 0 aromatic heterocycles. The van der Waals surface area contributed by atoms with Gasteiger partial charge in [-0.05, 0) is 43.9 Å². The molecule has 5 heteroatoms. The van der Waals surface area contributed by atoms with E-state index in [9.17, 15) is 19.8 Å². The molecular formula is C15H19NO4. The summed E-state index contributed by atoms with van der Waals surface area (Å²) in [5, 5.41) is 19.4. The highest BCUT2D eigenvalue weighted by Gasteiger charge is 2.48. The van der Waals surface area contributed by atoms with Crippen LogP contribution in [-0.2, 0) is 4.79 Å². The maximum absolute atomic E-state index is 12.6. The molecule has 0 aliphatic carbocycles. The van der Waals surface area contributed by atoms with Gasteiger partial charge in [0, 0.05) is 6.54 Å². The number of rotatable bonds is 3. The number of hydrogen-bond acceptors (Lipinski definition) is 3.